The van der Waals surface area contributed by atoms with E-state index in [9.17, 15) is 4.39 Å². The van der Waals surface area contributed by atoms with Crippen molar-refractivity contribution in [1.29, 1.82) is 0 Å². The Morgan fingerprint density at radius 2 is 2.00 bits per heavy atom. The molecular weight excluding hydrogens is 261 g/mol. The molecule has 1 N–H and O–H groups in total. The quantitative estimate of drug-likeness (QED) is 0.831. The van der Waals surface area contributed by atoms with Crippen molar-refractivity contribution in [2.24, 2.45) is 0 Å². The summed E-state index contributed by atoms with van der Waals surface area (Å²) in [5.74, 6) is 0.378. The van der Waals surface area contributed by atoms with Gasteiger partial charge in [0.1, 0.15) is 5.82 Å². The third-order valence-corrected chi connectivity index (χ3v) is 3.71. The number of hydrogen-bond acceptors (Lipinski definition) is 1. The van der Waals surface area contributed by atoms with Crippen LogP contribution in [0.25, 0.3) is 0 Å². The molecule has 1 aliphatic carbocycles. The predicted molar refractivity (Wildman–Crippen MR) is 77.2 cm³/mol. The highest BCUT2D eigenvalue weighted by Gasteiger charge is 2.23. The fraction of sp³-hybridized carbons (Fsp3) is 0.250. The first kappa shape index (κ1) is 12.5. The Morgan fingerprint density at radius 1 is 1.16 bits per heavy atom. The molecule has 0 unspecified atom stereocenters. The van der Waals surface area contributed by atoms with Crippen LogP contribution in [-0.2, 0) is 6.54 Å². The van der Waals surface area contributed by atoms with Crippen molar-refractivity contribution in [2.75, 3.05) is 5.32 Å². The van der Waals surface area contributed by atoms with Gasteiger partial charge in [-0.25, -0.2) is 4.39 Å². The second-order valence-corrected chi connectivity index (χ2v) is 5.41. The summed E-state index contributed by atoms with van der Waals surface area (Å²) in [5, 5.41) is 3.41. The molecule has 0 bridgehead atoms. The van der Waals surface area contributed by atoms with Crippen molar-refractivity contribution >= 4 is 17.3 Å². The molecule has 98 valence electrons. The average molecular weight is 276 g/mol. The van der Waals surface area contributed by atoms with Gasteiger partial charge in [-0.3, -0.25) is 0 Å². The lowest BCUT2D eigenvalue weighted by Gasteiger charge is -2.08. The molecule has 0 aliphatic heterocycles. The van der Waals surface area contributed by atoms with E-state index in [1.54, 1.807) is 12.1 Å². The maximum atomic E-state index is 13.1. The van der Waals surface area contributed by atoms with Crippen molar-refractivity contribution in [3.63, 3.8) is 0 Å². The zero-order valence-corrected chi connectivity index (χ0v) is 11.3. The van der Waals surface area contributed by atoms with Crippen LogP contribution in [-0.4, -0.2) is 0 Å². The van der Waals surface area contributed by atoms with Crippen LogP contribution in [0.5, 0.6) is 0 Å². The number of nitrogens with one attached hydrogen (secondary N) is 1. The van der Waals surface area contributed by atoms with Crippen molar-refractivity contribution in [2.45, 2.75) is 25.3 Å². The molecule has 0 spiro atoms. The van der Waals surface area contributed by atoms with Gasteiger partial charge in [-0.05, 0) is 48.1 Å². The van der Waals surface area contributed by atoms with Crippen LogP contribution in [0.3, 0.4) is 0 Å². The number of anilines is 1. The maximum Gasteiger partial charge on any atom is 0.141 e. The van der Waals surface area contributed by atoms with Crippen molar-refractivity contribution in [3.05, 3.63) is 64.4 Å². The number of benzene rings is 2. The molecule has 0 saturated heterocycles. The van der Waals surface area contributed by atoms with Crippen LogP contribution >= 0.6 is 11.6 Å². The third-order valence-electron chi connectivity index (χ3n) is 3.42. The minimum absolute atomic E-state index is 0.150. The molecule has 0 amide bonds. The predicted octanol–water partition coefficient (Wildman–Crippen LogP) is 4.97. The van der Waals surface area contributed by atoms with Crippen molar-refractivity contribution < 1.29 is 4.39 Å². The summed E-state index contributed by atoms with van der Waals surface area (Å²) in [6, 6.07) is 13.3. The number of rotatable bonds is 4. The lowest BCUT2D eigenvalue weighted by atomic mass is 10.1. The smallest absolute Gasteiger partial charge is 0.141 e. The van der Waals surface area contributed by atoms with Gasteiger partial charge in [0, 0.05) is 12.2 Å². The van der Waals surface area contributed by atoms with E-state index in [4.69, 9.17) is 11.6 Å². The standard InChI is InChI=1S/C16H15ClFN/c17-15-9-14(6-7-16(15)18)19-10-11-2-1-3-13(8-11)12-4-5-12/h1-3,6-9,12,19H,4-5,10H2. The molecule has 3 rings (SSSR count). The molecule has 1 fully saturated rings. The van der Waals surface area contributed by atoms with E-state index < -0.39 is 0 Å². The van der Waals surface area contributed by atoms with E-state index in [0.29, 0.717) is 0 Å². The van der Waals surface area contributed by atoms with E-state index in [1.807, 2.05) is 0 Å². The van der Waals surface area contributed by atoms with Gasteiger partial charge < -0.3 is 5.32 Å². The summed E-state index contributed by atoms with van der Waals surface area (Å²) in [6.07, 6.45) is 2.62. The molecule has 0 heterocycles. The number of halogens is 2. The minimum Gasteiger partial charge on any atom is -0.381 e. The molecule has 1 aliphatic rings. The van der Waals surface area contributed by atoms with Gasteiger partial charge in [-0.1, -0.05) is 35.9 Å². The average Bonchev–Trinajstić information content (AvgIpc) is 3.25. The SMILES string of the molecule is Fc1ccc(NCc2cccc(C3CC3)c2)cc1Cl. The summed E-state index contributed by atoms with van der Waals surface area (Å²) in [7, 11) is 0. The summed E-state index contributed by atoms with van der Waals surface area (Å²) in [4.78, 5) is 0. The summed E-state index contributed by atoms with van der Waals surface area (Å²) in [5.41, 5.74) is 3.50. The molecule has 0 radical (unpaired) electrons. The van der Waals surface area contributed by atoms with E-state index in [1.165, 1.54) is 30.0 Å². The zero-order valence-electron chi connectivity index (χ0n) is 10.5. The third kappa shape index (κ3) is 3.07. The first-order valence-electron chi connectivity index (χ1n) is 6.50. The Kier molecular flexibility index (Phi) is 3.43. The zero-order chi connectivity index (χ0) is 13.2. The number of hydrogen-bond donors (Lipinski definition) is 1. The molecule has 2 aromatic rings. The van der Waals surface area contributed by atoms with Gasteiger partial charge in [0.2, 0.25) is 0 Å². The van der Waals surface area contributed by atoms with Crippen molar-refractivity contribution in [3.8, 4) is 0 Å². The van der Waals surface area contributed by atoms with Crippen LogP contribution < -0.4 is 5.32 Å². The molecule has 3 heteroatoms. The Bertz CT molecular complexity index is 593. The highest BCUT2D eigenvalue weighted by atomic mass is 35.5. The van der Waals surface area contributed by atoms with Crippen LogP contribution in [0.1, 0.15) is 29.9 Å². The summed E-state index contributed by atoms with van der Waals surface area (Å²) >= 11 is 5.76. The molecule has 1 saturated carbocycles. The van der Waals surface area contributed by atoms with Gasteiger partial charge in [0.15, 0.2) is 0 Å². The first-order valence-corrected chi connectivity index (χ1v) is 6.88. The van der Waals surface area contributed by atoms with Crippen LogP contribution in [0.4, 0.5) is 10.1 Å². The lowest BCUT2D eigenvalue weighted by Crippen LogP contribution is -2.00. The Labute approximate surface area is 117 Å². The van der Waals surface area contributed by atoms with Gasteiger partial charge in [-0.15, -0.1) is 0 Å². The lowest BCUT2D eigenvalue weighted by molar-refractivity contribution is 0.628. The maximum absolute atomic E-state index is 13.1. The van der Waals surface area contributed by atoms with E-state index >= 15 is 0 Å². The van der Waals surface area contributed by atoms with Gasteiger partial charge in [0.25, 0.3) is 0 Å². The topological polar surface area (TPSA) is 12.0 Å². The van der Waals surface area contributed by atoms with Crippen LogP contribution in [0.15, 0.2) is 42.5 Å². The Morgan fingerprint density at radius 3 is 2.74 bits per heavy atom. The molecule has 1 nitrogen and oxygen atoms in total. The van der Waals surface area contributed by atoms with E-state index in [2.05, 4.69) is 29.6 Å². The molecule has 2 aromatic carbocycles. The van der Waals surface area contributed by atoms with E-state index in [-0.39, 0.29) is 10.8 Å². The van der Waals surface area contributed by atoms with Gasteiger partial charge >= 0.3 is 0 Å². The highest BCUT2D eigenvalue weighted by molar-refractivity contribution is 6.31. The second-order valence-electron chi connectivity index (χ2n) is 5.00. The minimum atomic E-state index is -0.386. The normalized spacial score (nSPS) is 14.4. The highest BCUT2D eigenvalue weighted by Crippen LogP contribution is 2.40. The monoisotopic (exact) mass is 275 g/mol. The molecule has 19 heavy (non-hydrogen) atoms. The van der Waals surface area contributed by atoms with Crippen molar-refractivity contribution in [1.82, 2.24) is 0 Å². The molecule has 0 aromatic heterocycles. The van der Waals surface area contributed by atoms with Gasteiger partial charge in [0.05, 0.1) is 5.02 Å². The Balaban J connectivity index is 1.68. The molecule has 0 atom stereocenters. The van der Waals surface area contributed by atoms with Crippen LogP contribution in [0.2, 0.25) is 5.02 Å². The Hall–Kier alpha value is -1.54. The van der Waals surface area contributed by atoms with Gasteiger partial charge in [-0.2, -0.15) is 0 Å². The summed E-state index contributed by atoms with van der Waals surface area (Å²) in [6.45, 7) is 0.725. The fourth-order valence-electron chi connectivity index (χ4n) is 2.18. The first-order chi connectivity index (χ1) is 9.22. The molecular formula is C16H15ClFN. The van der Waals surface area contributed by atoms with Crippen LogP contribution in [0, 0.1) is 5.82 Å². The largest absolute Gasteiger partial charge is 0.381 e. The second kappa shape index (κ2) is 5.22. The summed E-state index contributed by atoms with van der Waals surface area (Å²) < 4.78 is 13.1. The van der Waals surface area contributed by atoms with E-state index in [0.717, 1.165) is 18.2 Å². The fourth-order valence-corrected chi connectivity index (χ4v) is 2.36.